The number of hydrogen-bond acceptors (Lipinski definition) is 2. The van der Waals surface area contributed by atoms with Crippen molar-refractivity contribution in [2.75, 3.05) is 19.8 Å². The molecule has 1 saturated heterocycles. The number of rotatable bonds is 5. The maximum Gasteiger partial charge on any atom is 0.0858 e. The highest BCUT2D eigenvalue weighted by molar-refractivity contribution is 4.76. The first-order valence-corrected chi connectivity index (χ1v) is 4.57. The van der Waals surface area contributed by atoms with Crippen LogP contribution in [0, 0.1) is 5.92 Å². The summed E-state index contributed by atoms with van der Waals surface area (Å²) >= 11 is 0. The first kappa shape index (κ1) is 9.01. The lowest BCUT2D eigenvalue weighted by atomic mass is 9.96. The van der Waals surface area contributed by atoms with Gasteiger partial charge in [-0.25, -0.2) is 0 Å². The summed E-state index contributed by atoms with van der Waals surface area (Å²) in [5.74, 6) is 0.756. The van der Waals surface area contributed by atoms with Gasteiger partial charge < -0.3 is 9.47 Å². The third-order valence-corrected chi connectivity index (χ3v) is 2.21. The molecule has 0 bridgehead atoms. The second-order valence-corrected chi connectivity index (χ2v) is 3.12. The summed E-state index contributed by atoms with van der Waals surface area (Å²) in [6.07, 6.45) is 2.72. The van der Waals surface area contributed by atoms with Crippen LogP contribution in [0.4, 0.5) is 0 Å². The van der Waals surface area contributed by atoms with Crippen LogP contribution >= 0.6 is 0 Å². The van der Waals surface area contributed by atoms with Gasteiger partial charge in [-0.2, -0.15) is 0 Å². The first-order chi connectivity index (χ1) is 5.38. The van der Waals surface area contributed by atoms with Crippen molar-refractivity contribution < 1.29 is 9.47 Å². The van der Waals surface area contributed by atoms with Crippen molar-refractivity contribution in [3.63, 3.8) is 0 Å². The van der Waals surface area contributed by atoms with E-state index < -0.39 is 0 Å². The lowest BCUT2D eigenvalue weighted by molar-refractivity contribution is -0.146. The third-order valence-electron chi connectivity index (χ3n) is 2.21. The minimum Gasteiger partial charge on any atom is -0.379 e. The van der Waals surface area contributed by atoms with Crippen molar-refractivity contribution in [1.82, 2.24) is 0 Å². The smallest absolute Gasteiger partial charge is 0.0858 e. The zero-order valence-corrected chi connectivity index (χ0v) is 7.51. The van der Waals surface area contributed by atoms with E-state index >= 15 is 0 Å². The van der Waals surface area contributed by atoms with Crippen LogP contribution in [-0.4, -0.2) is 25.9 Å². The highest BCUT2D eigenvalue weighted by atomic mass is 16.5. The summed E-state index contributed by atoms with van der Waals surface area (Å²) in [5.41, 5.74) is 0. The lowest BCUT2D eigenvalue weighted by Gasteiger charge is -2.35. The van der Waals surface area contributed by atoms with Gasteiger partial charge in [0.05, 0.1) is 19.3 Å². The summed E-state index contributed by atoms with van der Waals surface area (Å²) in [5, 5.41) is 0. The fourth-order valence-corrected chi connectivity index (χ4v) is 1.28. The monoisotopic (exact) mass is 158 g/mol. The van der Waals surface area contributed by atoms with E-state index in [1.165, 1.54) is 6.42 Å². The van der Waals surface area contributed by atoms with Crippen LogP contribution in [0.5, 0.6) is 0 Å². The fourth-order valence-electron chi connectivity index (χ4n) is 1.28. The maximum atomic E-state index is 5.39. The SMILES string of the molecule is CCCOCC1OCC1CC. The quantitative estimate of drug-likeness (QED) is 0.568. The summed E-state index contributed by atoms with van der Waals surface area (Å²) in [7, 11) is 0. The molecule has 0 N–H and O–H groups in total. The molecule has 0 saturated carbocycles. The third kappa shape index (κ3) is 2.46. The summed E-state index contributed by atoms with van der Waals surface area (Å²) in [4.78, 5) is 0. The van der Waals surface area contributed by atoms with Crippen LogP contribution in [0.15, 0.2) is 0 Å². The van der Waals surface area contributed by atoms with Gasteiger partial charge in [0.15, 0.2) is 0 Å². The summed E-state index contributed by atoms with van der Waals surface area (Å²) in [6, 6.07) is 0. The predicted molar refractivity (Wildman–Crippen MR) is 44.6 cm³/mol. The van der Waals surface area contributed by atoms with Crippen LogP contribution in [0.1, 0.15) is 26.7 Å². The summed E-state index contributed by atoms with van der Waals surface area (Å²) in [6.45, 7) is 6.94. The predicted octanol–water partition coefficient (Wildman–Crippen LogP) is 1.84. The van der Waals surface area contributed by atoms with E-state index in [1.807, 2.05) is 0 Å². The van der Waals surface area contributed by atoms with E-state index in [-0.39, 0.29) is 0 Å². The second kappa shape index (κ2) is 4.73. The van der Waals surface area contributed by atoms with Gasteiger partial charge in [0, 0.05) is 12.5 Å². The lowest BCUT2D eigenvalue weighted by Crippen LogP contribution is -2.42. The van der Waals surface area contributed by atoms with E-state index in [1.54, 1.807) is 0 Å². The second-order valence-electron chi connectivity index (χ2n) is 3.12. The molecule has 2 heteroatoms. The van der Waals surface area contributed by atoms with Gasteiger partial charge in [-0.1, -0.05) is 13.8 Å². The molecule has 0 aliphatic carbocycles. The van der Waals surface area contributed by atoms with Crippen molar-refractivity contribution in [2.24, 2.45) is 5.92 Å². The Bertz CT molecular complexity index is 102. The minimum absolute atomic E-state index is 0.395. The molecular weight excluding hydrogens is 140 g/mol. The summed E-state index contributed by atoms with van der Waals surface area (Å²) < 4.78 is 10.7. The molecule has 1 rings (SSSR count). The Labute approximate surface area is 68.9 Å². The standard InChI is InChI=1S/C9H18O2/c1-3-5-10-7-9-8(4-2)6-11-9/h8-9H,3-7H2,1-2H3. The van der Waals surface area contributed by atoms with E-state index in [9.17, 15) is 0 Å². The molecule has 0 aromatic rings. The van der Waals surface area contributed by atoms with Crippen LogP contribution < -0.4 is 0 Å². The molecular formula is C9H18O2. The molecule has 0 spiro atoms. The molecule has 2 unspecified atom stereocenters. The van der Waals surface area contributed by atoms with Crippen molar-refractivity contribution in [1.29, 1.82) is 0 Å². The Morgan fingerprint density at radius 2 is 2.27 bits per heavy atom. The van der Waals surface area contributed by atoms with Crippen molar-refractivity contribution in [3.05, 3.63) is 0 Å². The highest BCUT2D eigenvalue weighted by Crippen LogP contribution is 2.23. The largest absolute Gasteiger partial charge is 0.379 e. The van der Waals surface area contributed by atoms with Crippen molar-refractivity contribution >= 4 is 0 Å². The van der Waals surface area contributed by atoms with Gasteiger partial charge in [-0.15, -0.1) is 0 Å². The first-order valence-electron chi connectivity index (χ1n) is 4.57. The van der Waals surface area contributed by atoms with Crippen LogP contribution in [0.3, 0.4) is 0 Å². The molecule has 0 radical (unpaired) electrons. The van der Waals surface area contributed by atoms with Crippen molar-refractivity contribution in [2.45, 2.75) is 32.8 Å². The molecule has 0 aromatic heterocycles. The number of hydrogen-bond donors (Lipinski definition) is 0. The molecule has 0 amide bonds. The molecule has 2 nitrogen and oxygen atoms in total. The normalized spacial score (nSPS) is 30.0. The van der Waals surface area contributed by atoms with Gasteiger partial charge in [0.1, 0.15) is 0 Å². The van der Waals surface area contributed by atoms with Crippen LogP contribution in [0.25, 0.3) is 0 Å². The molecule has 66 valence electrons. The Morgan fingerprint density at radius 3 is 2.73 bits per heavy atom. The molecule has 11 heavy (non-hydrogen) atoms. The van der Waals surface area contributed by atoms with Gasteiger partial charge >= 0.3 is 0 Å². The van der Waals surface area contributed by atoms with Crippen LogP contribution in [-0.2, 0) is 9.47 Å². The topological polar surface area (TPSA) is 18.5 Å². The molecule has 0 aromatic carbocycles. The van der Waals surface area contributed by atoms with E-state index in [0.29, 0.717) is 6.10 Å². The highest BCUT2D eigenvalue weighted by Gasteiger charge is 2.30. The maximum absolute atomic E-state index is 5.39. The molecule has 1 fully saturated rings. The Kier molecular flexibility index (Phi) is 3.87. The van der Waals surface area contributed by atoms with Gasteiger partial charge in [0.25, 0.3) is 0 Å². The van der Waals surface area contributed by atoms with Gasteiger partial charge in [-0.05, 0) is 12.8 Å². The van der Waals surface area contributed by atoms with Crippen molar-refractivity contribution in [3.8, 4) is 0 Å². The van der Waals surface area contributed by atoms with E-state index in [2.05, 4.69) is 13.8 Å². The van der Waals surface area contributed by atoms with Gasteiger partial charge in [-0.3, -0.25) is 0 Å². The minimum atomic E-state index is 0.395. The molecule has 2 atom stereocenters. The zero-order valence-electron chi connectivity index (χ0n) is 7.51. The molecule has 1 aliphatic heterocycles. The zero-order chi connectivity index (χ0) is 8.10. The average Bonchev–Trinajstić information content (AvgIpc) is 1.97. The molecule has 1 aliphatic rings. The fraction of sp³-hybridized carbons (Fsp3) is 1.00. The molecule has 1 heterocycles. The van der Waals surface area contributed by atoms with E-state index in [0.717, 1.165) is 32.2 Å². The Hall–Kier alpha value is -0.0800. The van der Waals surface area contributed by atoms with Crippen LogP contribution in [0.2, 0.25) is 0 Å². The van der Waals surface area contributed by atoms with Gasteiger partial charge in [0.2, 0.25) is 0 Å². The number of ether oxygens (including phenoxy) is 2. The van der Waals surface area contributed by atoms with E-state index in [4.69, 9.17) is 9.47 Å². The Morgan fingerprint density at radius 1 is 1.45 bits per heavy atom. The average molecular weight is 158 g/mol. The Balaban J connectivity index is 1.98.